The minimum Gasteiger partial charge on any atom is -0.459 e. The number of nitrogens with one attached hydrogen (secondary N) is 2. The van der Waals surface area contributed by atoms with Crippen molar-refractivity contribution in [1.82, 2.24) is 15.5 Å². The number of ether oxygens (including phenoxy) is 1. The third-order valence-electron chi connectivity index (χ3n) is 5.54. The molecule has 0 saturated carbocycles. The first-order valence-corrected chi connectivity index (χ1v) is 10.4. The Morgan fingerprint density at radius 3 is 2.75 bits per heavy atom. The minimum absolute atomic E-state index is 0.547. The van der Waals surface area contributed by atoms with Gasteiger partial charge in [-0.25, -0.2) is 4.99 Å². The van der Waals surface area contributed by atoms with Gasteiger partial charge < -0.3 is 24.7 Å². The van der Waals surface area contributed by atoms with E-state index in [-0.39, 0.29) is 0 Å². The lowest BCUT2D eigenvalue weighted by Crippen LogP contribution is -2.43. The monoisotopic (exact) mass is 386 g/mol. The number of piperidine rings is 1. The molecule has 2 N–H and O–H groups in total. The van der Waals surface area contributed by atoms with Crippen LogP contribution < -0.4 is 10.6 Å². The van der Waals surface area contributed by atoms with Crippen LogP contribution in [0.15, 0.2) is 33.7 Å². The van der Waals surface area contributed by atoms with E-state index in [4.69, 9.17) is 14.1 Å². The molecule has 28 heavy (non-hydrogen) atoms. The second-order valence-corrected chi connectivity index (χ2v) is 7.50. The number of para-hydroxylation sites is 1. The lowest BCUT2D eigenvalue weighted by atomic mass is 9.97. The molecule has 6 heteroatoms. The van der Waals surface area contributed by atoms with Crippen molar-refractivity contribution in [2.45, 2.75) is 33.2 Å². The smallest absolute Gasteiger partial charge is 0.191 e. The van der Waals surface area contributed by atoms with Crippen LogP contribution in [0.5, 0.6) is 0 Å². The van der Waals surface area contributed by atoms with E-state index in [0.29, 0.717) is 12.5 Å². The van der Waals surface area contributed by atoms with Crippen molar-refractivity contribution >= 4 is 16.9 Å². The Morgan fingerprint density at radius 2 is 2.04 bits per heavy atom. The van der Waals surface area contributed by atoms with Crippen molar-refractivity contribution in [3.8, 4) is 0 Å². The number of nitrogens with zero attached hydrogens (tertiary/aromatic N) is 2. The first-order chi connectivity index (χ1) is 13.7. The Kier molecular flexibility index (Phi) is 7.74. The van der Waals surface area contributed by atoms with Crippen LogP contribution in [-0.2, 0) is 11.3 Å². The molecule has 154 valence electrons. The van der Waals surface area contributed by atoms with Crippen molar-refractivity contribution in [1.29, 1.82) is 0 Å². The number of methoxy groups -OCH3 is 1. The normalized spacial score (nSPS) is 16.6. The van der Waals surface area contributed by atoms with Gasteiger partial charge in [0.15, 0.2) is 5.96 Å². The molecule has 0 spiro atoms. The SMILES string of the molecule is CCNC(=NCc1oc2ccccc2c1C)NCC1CCN(CCOC)CC1. The molecule has 1 aliphatic rings. The van der Waals surface area contributed by atoms with Gasteiger partial charge in [0, 0.05) is 37.7 Å². The maximum Gasteiger partial charge on any atom is 0.191 e. The molecule has 2 aromatic rings. The topological polar surface area (TPSA) is 62.0 Å². The van der Waals surface area contributed by atoms with Crippen LogP contribution in [-0.4, -0.2) is 57.3 Å². The molecule has 1 saturated heterocycles. The maximum absolute atomic E-state index is 5.99. The second kappa shape index (κ2) is 10.5. The number of fused-ring (bicyclic) bond motifs is 1. The molecular weight excluding hydrogens is 352 g/mol. The number of furan rings is 1. The molecule has 1 aromatic heterocycles. The van der Waals surface area contributed by atoms with Gasteiger partial charge in [-0.05, 0) is 51.8 Å². The van der Waals surface area contributed by atoms with Crippen LogP contribution in [0.2, 0.25) is 0 Å². The molecule has 0 unspecified atom stereocenters. The predicted molar refractivity (Wildman–Crippen MR) is 115 cm³/mol. The summed E-state index contributed by atoms with van der Waals surface area (Å²) in [5.41, 5.74) is 2.11. The van der Waals surface area contributed by atoms with Crippen LogP contribution in [0.3, 0.4) is 0 Å². The van der Waals surface area contributed by atoms with E-state index >= 15 is 0 Å². The highest BCUT2D eigenvalue weighted by molar-refractivity contribution is 5.82. The number of hydrogen-bond donors (Lipinski definition) is 2. The van der Waals surface area contributed by atoms with Crippen molar-refractivity contribution in [3.63, 3.8) is 0 Å². The molecule has 1 aromatic carbocycles. The zero-order chi connectivity index (χ0) is 19.8. The standard InChI is InChI=1S/C22H34N4O2/c1-4-23-22(24-15-18-9-11-26(12-10-18)13-14-27-3)25-16-21-17(2)19-7-5-6-8-20(19)28-21/h5-8,18H,4,9-16H2,1-3H3,(H2,23,24,25). The van der Waals surface area contributed by atoms with Crippen molar-refractivity contribution in [3.05, 3.63) is 35.6 Å². The maximum atomic E-state index is 5.99. The number of hydrogen-bond acceptors (Lipinski definition) is 4. The summed E-state index contributed by atoms with van der Waals surface area (Å²) in [5.74, 6) is 2.49. The quantitative estimate of drug-likeness (QED) is 0.539. The Balaban J connectivity index is 1.52. The summed E-state index contributed by atoms with van der Waals surface area (Å²) in [4.78, 5) is 7.24. The molecule has 0 aliphatic carbocycles. The average Bonchev–Trinajstić information content (AvgIpc) is 3.05. The molecular formula is C22H34N4O2. The van der Waals surface area contributed by atoms with E-state index in [2.05, 4.69) is 35.4 Å². The van der Waals surface area contributed by atoms with Gasteiger partial charge >= 0.3 is 0 Å². The van der Waals surface area contributed by atoms with Gasteiger partial charge in [-0.1, -0.05) is 18.2 Å². The van der Waals surface area contributed by atoms with E-state index < -0.39 is 0 Å². The minimum atomic E-state index is 0.547. The zero-order valence-corrected chi connectivity index (χ0v) is 17.5. The van der Waals surface area contributed by atoms with Crippen molar-refractivity contribution < 1.29 is 9.15 Å². The lowest BCUT2D eigenvalue weighted by molar-refractivity contribution is 0.121. The highest BCUT2D eigenvalue weighted by Crippen LogP contribution is 2.25. The molecule has 0 amide bonds. The van der Waals surface area contributed by atoms with Crippen LogP contribution in [0.25, 0.3) is 11.0 Å². The van der Waals surface area contributed by atoms with Crippen molar-refractivity contribution in [2.75, 3.05) is 46.4 Å². The third kappa shape index (κ3) is 5.49. The van der Waals surface area contributed by atoms with Gasteiger partial charge in [0.2, 0.25) is 0 Å². The summed E-state index contributed by atoms with van der Waals surface area (Å²) in [6.07, 6.45) is 2.44. The number of likely N-dealkylation sites (tertiary alicyclic amines) is 1. The number of aliphatic imine (C=N–C) groups is 1. The number of aryl methyl sites for hydroxylation is 1. The first kappa shape index (κ1) is 20.7. The highest BCUT2D eigenvalue weighted by Gasteiger charge is 2.19. The summed E-state index contributed by atoms with van der Waals surface area (Å²) in [7, 11) is 1.77. The van der Waals surface area contributed by atoms with E-state index in [0.717, 1.165) is 56.6 Å². The predicted octanol–water partition coefficient (Wildman–Crippen LogP) is 3.15. The van der Waals surface area contributed by atoms with Crippen LogP contribution in [0.4, 0.5) is 0 Å². The summed E-state index contributed by atoms with van der Waals surface area (Å²) >= 11 is 0. The largest absolute Gasteiger partial charge is 0.459 e. The fourth-order valence-electron chi connectivity index (χ4n) is 3.74. The van der Waals surface area contributed by atoms with E-state index in [1.165, 1.54) is 23.8 Å². The van der Waals surface area contributed by atoms with E-state index in [9.17, 15) is 0 Å². The highest BCUT2D eigenvalue weighted by atomic mass is 16.5. The Morgan fingerprint density at radius 1 is 1.25 bits per heavy atom. The van der Waals surface area contributed by atoms with Crippen molar-refractivity contribution in [2.24, 2.45) is 10.9 Å². The van der Waals surface area contributed by atoms with Gasteiger partial charge in [-0.2, -0.15) is 0 Å². The van der Waals surface area contributed by atoms with E-state index in [1.54, 1.807) is 7.11 Å². The Labute approximate surface area is 168 Å². The molecule has 3 rings (SSSR count). The van der Waals surface area contributed by atoms with Gasteiger partial charge in [-0.3, -0.25) is 0 Å². The molecule has 1 aliphatic heterocycles. The van der Waals surface area contributed by atoms with Gasteiger partial charge in [-0.15, -0.1) is 0 Å². The summed E-state index contributed by atoms with van der Waals surface area (Å²) < 4.78 is 11.2. The number of benzene rings is 1. The Bertz CT molecular complexity index is 763. The van der Waals surface area contributed by atoms with Gasteiger partial charge in [0.1, 0.15) is 17.9 Å². The van der Waals surface area contributed by atoms with Crippen LogP contribution in [0.1, 0.15) is 31.1 Å². The molecule has 0 atom stereocenters. The van der Waals surface area contributed by atoms with Crippen LogP contribution >= 0.6 is 0 Å². The molecule has 0 bridgehead atoms. The van der Waals surface area contributed by atoms with Gasteiger partial charge in [0.25, 0.3) is 0 Å². The number of rotatable bonds is 8. The van der Waals surface area contributed by atoms with Crippen LogP contribution in [0, 0.1) is 12.8 Å². The molecule has 2 heterocycles. The first-order valence-electron chi connectivity index (χ1n) is 10.4. The summed E-state index contributed by atoms with van der Waals surface area (Å²) in [5, 5.41) is 8.05. The molecule has 6 nitrogen and oxygen atoms in total. The van der Waals surface area contributed by atoms with Gasteiger partial charge in [0.05, 0.1) is 6.61 Å². The fourth-order valence-corrected chi connectivity index (χ4v) is 3.74. The number of guanidine groups is 1. The average molecular weight is 387 g/mol. The third-order valence-corrected chi connectivity index (χ3v) is 5.54. The summed E-state index contributed by atoms with van der Waals surface area (Å²) in [6, 6.07) is 8.16. The summed E-state index contributed by atoms with van der Waals surface area (Å²) in [6.45, 7) is 10.7. The zero-order valence-electron chi connectivity index (χ0n) is 17.5. The fraction of sp³-hybridized carbons (Fsp3) is 0.591. The Hall–Kier alpha value is -2.05. The molecule has 0 radical (unpaired) electrons. The van der Waals surface area contributed by atoms with E-state index in [1.807, 2.05) is 18.2 Å². The lowest BCUT2D eigenvalue weighted by Gasteiger charge is -2.32. The molecule has 1 fully saturated rings. The second-order valence-electron chi connectivity index (χ2n) is 7.50.